The molecule has 7 nitrogen and oxygen atoms in total. The summed E-state index contributed by atoms with van der Waals surface area (Å²) >= 11 is 0. The molecule has 0 heterocycles. The second-order valence-corrected chi connectivity index (χ2v) is 19.3. The third kappa shape index (κ3) is 7.95. The van der Waals surface area contributed by atoms with Gasteiger partial charge in [-0.05, 0) is 68.1 Å². The lowest BCUT2D eigenvalue weighted by Gasteiger charge is -2.43. The maximum absolute atomic E-state index is 13.4. The molecule has 0 saturated heterocycles. The zero-order chi connectivity index (χ0) is 31.5. The summed E-state index contributed by atoms with van der Waals surface area (Å²) in [5.41, 5.74) is 0.303. The molecule has 1 amide bonds. The maximum Gasteiger partial charge on any atom is 0.407 e. The van der Waals surface area contributed by atoms with Crippen LogP contribution in [0.3, 0.4) is 0 Å². The summed E-state index contributed by atoms with van der Waals surface area (Å²) in [6.45, 7) is 14.2. The first-order valence-corrected chi connectivity index (χ1v) is 18.2. The van der Waals surface area contributed by atoms with E-state index < -0.39 is 36.2 Å². The van der Waals surface area contributed by atoms with E-state index in [0.717, 1.165) is 15.9 Å². The second-order valence-electron chi connectivity index (χ2n) is 13.5. The van der Waals surface area contributed by atoms with Gasteiger partial charge < -0.3 is 14.5 Å². The quantitative estimate of drug-likeness (QED) is 0.234. The first kappa shape index (κ1) is 32.9. The molecule has 3 aromatic rings. The highest BCUT2D eigenvalue weighted by atomic mass is 32.2. The Morgan fingerprint density at radius 1 is 0.837 bits per heavy atom. The average Bonchev–Trinajstić information content (AvgIpc) is 3.28. The number of amides is 1. The summed E-state index contributed by atoms with van der Waals surface area (Å²) in [5, 5.41) is 4.97. The highest BCUT2D eigenvalue weighted by molar-refractivity contribution is 7.86. The summed E-state index contributed by atoms with van der Waals surface area (Å²) < 4.78 is 45.4. The van der Waals surface area contributed by atoms with Gasteiger partial charge in [0, 0.05) is 18.6 Å². The zero-order valence-corrected chi connectivity index (χ0v) is 28.1. The Morgan fingerprint density at radius 2 is 1.37 bits per heavy atom. The van der Waals surface area contributed by atoms with Gasteiger partial charge in [-0.1, -0.05) is 99.1 Å². The zero-order valence-electron chi connectivity index (χ0n) is 26.3. The highest BCUT2D eigenvalue weighted by Gasteiger charge is 2.51. The summed E-state index contributed by atoms with van der Waals surface area (Å²) in [5.74, 6) is -0.290. The summed E-state index contributed by atoms with van der Waals surface area (Å²) in [4.78, 5) is 12.8. The number of hydrogen-bond acceptors (Lipinski definition) is 6. The van der Waals surface area contributed by atoms with Gasteiger partial charge in [-0.25, -0.2) is 4.79 Å². The highest BCUT2D eigenvalue weighted by Crippen LogP contribution is 2.39. The van der Waals surface area contributed by atoms with Gasteiger partial charge in [-0.15, -0.1) is 0 Å². The molecule has 1 aliphatic rings. The van der Waals surface area contributed by atoms with Gasteiger partial charge in [0.2, 0.25) is 0 Å². The molecule has 1 aliphatic carbocycles. The fourth-order valence-electron chi connectivity index (χ4n) is 5.89. The molecular weight excluding hydrogens is 579 g/mol. The topological polar surface area (TPSA) is 90.9 Å². The van der Waals surface area contributed by atoms with Gasteiger partial charge in [0.05, 0.1) is 11.0 Å². The molecule has 0 bridgehead atoms. The van der Waals surface area contributed by atoms with Crippen molar-refractivity contribution in [3.05, 3.63) is 90.5 Å². The minimum absolute atomic E-state index is 0.105. The van der Waals surface area contributed by atoms with E-state index >= 15 is 0 Å². The number of hydrogen-bond donors (Lipinski definition) is 1. The van der Waals surface area contributed by atoms with Crippen LogP contribution in [-0.4, -0.2) is 47.2 Å². The molecule has 0 spiro atoms. The van der Waals surface area contributed by atoms with E-state index in [2.05, 4.69) is 50.4 Å². The van der Waals surface area contributed by atoms with Gasteiger partial charge in [0.1, 0.15) is 5.60 Å². The van der Waals surface area contributed by atoms with Crippen molar-refractivity contribution in [2.75, 3.05) is 6.61 Å². The van der Waals surface area contributed by atoms with Crippen molar-refractivity contribution in [1.82, 2.24) is 5.32 Å². The number of ether oxygens (including phenoxy) is 1. The van der Waals surface area contributed by atoms with Gasteiger partial charge in [-0.3, -0.25) is 4.18 Å². The lowest BCUT2D eigenvalue weighted by atomic mass is 10.1. The number of benzene rings is 3. The van der Waals surface area contributed by atoms with E-state index in [0.29, 0.717) is 12.8 Å². The van der Waals surface area contributed by atoms with E-state index in [1.54, 1.807) is 24.3 Å². The molecular formula is C34H45NO6SSi. The second kappa shape index (κ2) is 12.9. The SMILES string of the molecule is Cc1ccc(S(=O)(=O)O[C@H]2C[C@@H](NC(=O)OC(C)(C)C)C[C@@H]2CO[Si](c2ccccc2)(c2ccccc2)C(C)(C)C)cc1. The summed E-state index contributed by atoms with van der Waals surface area (Å²) in [6, 6.07) is 26.9. The Labute approximate surface area is 258 Å². The fraction of sp³-hybridized carbons (Fsp3) is 0.441. The molecule has 1 saturated carbocycles. The van der Waals surface area contributed by atoms with Crippen molar-refractivity contribution < 1.29 is 26.6 Å². The van der Waals surface area contributed by atoms with Crippen LogP contribution in [0.2, 0.25) is 5.04 Å². The Bertz CT molecular complexity index is 1430. The van der Waals surface area contributed by atoms with Crippen LogP contribution in [0.4, 0.5) is 4.79 Å². The molecule has 3 atom stereocenters. The molecule has 0 unspecified atom stereocenters. The van der Waals surface area contributed by atoms with Gasteiger partial charge in [-0.2, -0.15) is 8.42 Å². The van der Waals surface area contributed by atoms with Crippen LogP contribution in [0.15, 0.2) is 89.8 Å². The Morgan fingerprint density at radius 3 is 1.86 bits per heavy atom. The van der Waals surface area contributed by atoms with Crippen LogP contribution in [0.1, 0.15) is 59.9 Å². The monoisotopic (exact) mass is 623 g/mol. The Kier molecular flexibility index (Phi) is 9.91. The summed E-state index contributed by atoms with van der Waals surface area (Å²) in [7, 11) is -6.93. The number of rotatable bonds is 9. The van der Waals surface area contributed by atoms with Crippen molar-refractivity contribution in [1.29, 1.82) is 0 Å². The lowest BCUT2D eigenvalue weighted by Crippen LogP contribution is -2.67. The van der Waals surface area contributed by atoms with Gasteiger partial charge >= 0.3 is 6.09 Å². The molecule has 1 N–H and O–H groups in total. The van der Waals surface area contributed by atoms with Crippen LogP contribution >= 0.6 is 0 Å². The predicted molar refractivity (Wildman–Crippen MR) is 173 cm³/mol. The first-order chi connectivity index (χ1) is 20.1. The van der Waals surface area contributed by atoms with Gasteiger partial charge in [0.15, 0.2) is 0 Å². The van der Waals surface area contributed by atoms with Crippen LogP contribution in [0.5, 0.6) is 0 Å². The third-order valence-electron chi connectivity index (χ3n) is 7.84. The standard InChI is InChI=1S/C34H45NO6SSi/c1-25-18-20-28(21-19-25)42(37,38)41-31-23-27(35-32(36)40-33(2,3)4)22-26(31)24-39-43(34(5,6)7,29-14-10-8-11-15-29)30-16-12-9-13-17-30/h8-21,26-27,31H,22-24H2,1-7H3,(H,35,36)/t26-,27+,31+/m1/s1. The smallest absolute Gasteiger partial charge is 0.407 e. The number of alkyl carbamates (subject to hydrolysis) is 1. The van der Waals surface area contributed by atoms with E-state index in [4.69, 9.17) is 13.3 Å². The van der Waals surface area contributed by atoms with E-state index in [-0.39, 0.29) is 28.5 Å². The molecule has 3 aromatic carbocycles. The molecule has 9 heteroatoms. The van der Waals surface area contributed by atoms with Crippen LogP contribution < -0.4 is 15.7 Å². The molecule has 4 rings (SSSR count). The molecule has 1 fully saturated rings. The Balaban J connectivity index is 1.67. The maximum atomic E-state index is 13.4. The van der Waals surface area contributed by atoms with Crippen molar-refractivity contribution in [2.45, 2.75) is 89.0 Å². The van der Waals surface area contributed by atoms with Crippen molar-refractivity contribution in [2.24, 2.45) is 5.92 Å². The minimum Gasteiger partial charge on any atom is -0.444 e. The molecule has 43 heavy (non-hydrogen) atoms. The Hall–Kier alpha value is -2.98. The third-order valence-corrected chi connectivity index (χ3v) is 14.2. The van der Waals surface area contributed by atoms with E-state index in [1.807, 2.05) is 64.1 Å². The van der Waals surface area contributed by atoms with E-state index in [1.165, 1.54) is 0 Å². The van der Waals surface area contributed by atoms with Gasteiger partial charge in [0.25, 0.3) is 18.4 Å². The average molecular weight is 624 g/mol. The van der Waals surface area contributed by atoms with Crippen molar-refractivity contribution in [3.63, 3.8) is 0 Å². The lowest BCUT2D eigenvalue weighted by molar-refractivity contribution is 0.0503. The molecule has 0 radical (unpaired) electrons. The summed E-state index contributed by atoms with van der Waals surface area (Å²) in [6.07, 6.45) is -0.416. The normalized spacial score (nSPS) is 19.7. The number of carbonyl (C=O) groups excluding carboxylic acids is 1. The van der Waals surface area contributed by atoms with Crippen LogP contribution in [0, 0.1) is 12.8 Å². The molecule has 0 aliphatic heterocycles. The number of carbonyl (C=O) groups is 1. The van der Waals surface area contributed by atoms with Crippen molar-refractivity contribution >= 4 is 34.9 Å². The predicted octanol–water partition coefficient (Wildman–Crippen LogP) is 5.95. The molecule has 0 aromatic heterocycles. The van der Waals surface area contributed by atoms with Crippen LogP contribution in [0.25, 0.3) is 0 Å². The first-order valence-electron chi connectivity index (χ1n) is 14.9. The number of aryl methyl sites for hydroxylation is 1. The fourth-order valence-corrected chi connectivity index (χ4v) is 11.6. The van der Waals surface area contributed by atoms with E-state index in [9.17, 15) is 13.2 Å². The number of nitrogens with one attached hydrogen (secondary N) is 1. The van der Waals surface area contributed by atoms with Crippen LogP contribution in [-0.2, 0) is 23.5 Å². The molecule has 232 valence electrons. The largest absolute Gasteiger partial charge is 0.444 e. The van der Waals surface area contributed by atoms with Crippen molar-refractivity contribution in [3.8, 4) is 0 Å². The minimum atomic E-state index is -4.05.